The lowest BCUT2D eigenvalue weighted by Gasteiger charge is -2.16. The van der Waals surface area contributed by atoms with E-state index in [9.17, 15) is 0 Å². The summed E-state index contributed by atoms with van der Waals surface area (Å²) in [5.41, 5.74) is 1.06. The average Bonchev–Trinajstić information content (AvgIpc) is 2.29. The largest absolute Gasteiger partial charge is 0.396 e. The second-order valence-electron chi connectivity index (χ2n) is 3.53. The van der Waals surface area contributed by atoms with Gasteiger partial charge in [0.15, 0.2) is 0 Å². The maximum atomic E-state index is 8.87. The first-order chi connectivity index (χ1) is 7.76. The van der Waals surface area contributed by atoms with Crippen molar-refractivity contribution in [3.05, 3.63) is 29.0 Å². The van der Waals surface area contributed by atoms with E-state index in [0.29, 0.717) is 24.7 Å². The number of ether oxygens (including phenoxy) is 1. The van der Waals surface area contributed by atoms with E-state index in [4.69, 9.17) is 21.4 Å². The summed E-state index contributed by atoms with van der Waals surface area (Å²) in [5.74, 6) is 0. The van der Waals surface area contributed by atoms with Gasteiger partial charge in [-0.15, -0.1) is 0 Å². The van der Waals surface area contributed by atoms with Gasteiger partial charge in [-0.3, -0.25) is 0 Å². The summed E-state index contributed by atoms with van der Waals surface area (Å²) in [7, 11) is 1.65. The van der Waals surface area contributed by atoms with Gasteiger partial charge in [0.1, 0.15) is 5.15 Å². The molecule has 0 fully saturated rings. The van der Waals surface area contributed by atoms with Crippen molar-refractivity contribution in [3.63, 3.8) is 0 Å². The molecule has 1 rings (SSSR count). The standard InChI is InChI=1S/C11H17ClN2O2/c1-16-8-10(4-5-15)13-6-9-2-3-11(12)14-7-9/h2-3,7,10,13,15H,4-6,8H2,1H3. The Balaban J connectivity index is 2.38. The molecule has 1 heterocycles. The van der Waals surface area contributed by atoms with Crippen molar-refractivity contribution in [3.8, 4) is 0 Å². The van der Waals surface area contributed by atoms with Crippen LogP contribution in [0.1, 0.15) is 12.0 Å². The predicted octanol–water partition coefficient (Wildman–Crippen LogP) is 1.22. The number of methoxy groups -OCH3 is 1. The van der Waals surface area contributed by atoms with Gasteiger partial charge in [0, 0.05) is 32.5 Å². The summed E-state index contributed by atoms with van der Waals surface area (Å²) < 4.78 is 5.05. The molecule has 0 aliphatic heterocycles. The van der Waals surface area contributed by atoms with Crippen LogP contribution in [0.15, 0.2) is 18.3 Å². The Morgan fingerprint density at radius 3 is 2.94 bits per heavy atom. The van der Waals surface area contributed by atoms with Crippen LogP contribution >= 0.6 is 11.6 Å². The lowest BCUT2D eigenvalue weighted by atomic mass is 10.2. The third-order valence-electron chi connectivity index (χ3n) is 2.23. The van der Waals surface area contributed by atoms with Gasteiger partial charge >= 0.3 is 0 Å². The molecule has 1 aromatic heterocycles. The number of hydrogen-bond donors (Lipinski definition) is 2. The number of aliphatic hydroxyl groups excluding tert-OH is 1. The molecule has 0 radical (unpaired) electrons. The van der Waals surface area contributed by atoms with E-state index in [1.54, 1.807) is 19.4 Å². The number of aliphatic hydroxyl groups is 1. The fourth-order valence-corrected chi connectivity index (χ4v) is 1.49. The van der Waals surface area contributed by atoms with Crippen molar-refractivity contribution < 1.29 is 9.84 Å². The minimum Gasteiger partial charge on any atom is -0.396 e. The number of nitrogens with zero attached hydrogens (tertiary/aromatic N) is 1. The summed E-state index contributed by atoms with van der Waals surface area (Å²) in [6.07, 6.45) is 2.41. The molecule has 0 spiro atoms. The molecule has 0 aliphatic rings. The molecule has 0 aromatic carbocycles. The van der Waals surface area contributed by atoms with E-state index >= 15 is 0 Å². The Labute approximate surface area is 101 Å². The highest BCUT2D eigenvalue weighted by Crippen LogP contribution is 2.05. The summed E-state index contributed by atoms with van der Waals surface area (Å²) in [6.45, 7) is 1.43. The molecule has 0 saturated carbocycles. The Kier molecular flexibility index (Phi) is 6.33. The highest BCUT2D eigenvalue weighted by Gasteiger charge is 2.06. The van der Waals surface area contributed by atoms with Crippen molar-refractivity contribution in [2.75, 3.05) is 20.3 Å². The predicted molar refractivity (Wildman–Crippen MR) is 63.5 cm³/mol. The Hall–Kier alpha value is -0.680. The van der Waals surface area contributed by atoms with Crippen LogP contribution < -0.4 is 5.32 Å². The number of nitrogens with one attached hydrogen (secondary N) is 1. The molecular formula is C11H17ClN2O2. The first kappa shape index (κ1) is 13.4. The second-order valence-corrected chi connectivity index (χ2v) is 3.92. The molecule has 4 nitrogen and oxygen atoms in total. The molecule has 0 bridgehead atoms. The fraction of sp³-hybridized carbons (Fsp3) is 0.545. The quantitative estimate of drug-likeness (QED) is 0.709. The average molecular weight is 245 g/mol. The van der Waals surface area contributed by atoms with Gasteiger partial charge in [-0.2, -0.15) is 0 Å². The monoisotopic (exact) mass is 244 g/mol. The van der Waals surface area contributed by atoms with E-state index in [1.807, 2.05) is 6.07 Å². The summed E-state index contributed by atoms with van der Waals surface area (Å²) >= 11 is 5.69. The molecule has 2 N–H and O–H groups in total. The van der Waals surface area contributed by atoms with Gasteiger partial charge in [0.25, 0.3) is 0 Å². The number of hydrogen-bond acceptors (Lipinski definition) is 4. The van der Waals surface area contributed by atoms with E-state index < -0.39 is 0 Å². The number of aromatic nitrogens is 1. The van der Waals surface area contributed by atoms with Gasteiger partial charge in [-0.1, -0.05) is 17.7 Å². The van der Waals surface area contributed by atoms with Crippen molar-refractivity contribution >= 4 is 11.6 Å². The smallest absolute Gasteiger partial charge is 0.129 e. The number of rotatable bonds is 7. The summed E-state index contributed by atoms with van der Waals surface area (Å²) in [4.78, 5) is 3.99. The fourth-order valence-electron chi connectivity index (χ4n) is 1.37. The third-order valence-corrected chi connectivity index (χ3v) is 2.45. The molecular weight excluding hydrogens is 228 g/mol. The second kappa shape index (κ2) is 7.57. The molecule has 0 aliphatic carbocycles. The lowest BCUT2D eigenvalue weighted by molar-refractivity contribution is 0.148. The maximum absolute atomic E-state index is 8.87. The number of pyridine rings is 1. The molecule has 16 heavy (non-hydrogen) atoms. The van der Waals surface area contributed by atoms with Crippen LogP contribution in [-0.4, -0.2) is 36.5 Å². The van der Waals surface area contributed by atoms with E-state index in [2.05, 4.69) is 10.3 Å². The van der Waals surface area contributed by atoms with Crippen molar-refractivity contribution in [2.45, 2.75) is 19.0 Å². The first-order valence-corrected chi connectivity index (χ1v) is 5.57. The highest BCUT2D eigenvalue weighted by atomic mass is 35.5. The van der Waals surface area contributed by atoms with Gasteiger partial charge in [0.05, 0.1) is 6.61 Å². The van der Waals surface area contributed by atoms with Crippen molar-refractivity contribution in [2.24, 2.45) is 0 Å². The zero-order valence-corrected chi connectivity index (χ0v) is 10.1. The van der Waals surface area contributed by atoms with Crippen LogP contribution in [0.4, 0.5) is 0 Å². The van der Waals surface area contributed by atoms with Crippen LogP contribution in [-0.2, 0) is 11.3 Å². The zero-order chi connectivity index (χ0) is 11.8. The third kappa shape index (κ3) is 4.90. The molecule has 90 valence electrons. The van der Waals surface area contributed by atoms with E-state index in [1.165, 1.54) is 0 Å². The zero-order valence-electron chi connectivity index (χ0n) is 9.32. The Morgan fingerprint density at radius 2 is 2.38 bits per heavy atom. The molecule has 0 saturated heterocycles. The van der Waals surface area contributed by atoms with Crippen LogP contribution in [0, 0.1) is 0 Å². The molecule has 1 unspecified atom stereocenters. The normalized spacial score (nSPS) is 12.7. The van der Waals surface area contributed by atoms with Crippen LogP contribution in [0.2, 0.25) is 5.15 Å². The minimum absolute atomic E-state index is 0.153. The van der Waals surface area contributed by atoms with Crippen molar-refractivity contribution in [1.82, 2.24) is 10.3 Å². The molecule has 0 amide bonds. The lowest BCUT2D eigenvalue weighted by Crippen LogP contribution is -2.33. The van der Waals surface area contributed by atoms with Gasteiger partial charge in [-0.25, -0.2) is 4.98 Å². The van der Waals surface area contributed by atoms with Gasteiger partial charge < -0.3 is 15.2 Å². The van der Waals surface area contributed by atoms with Gasteiger partial charge in [-0.05, 0) is 18.1 Å². The molecule has 5 heteroatoms. The highest BCUT2D eigenvalue weighted by molar-refractivity contribution is 6.29. The van der Waals surface area contributed by atoms with Crippen LogP contribution in [0.5, 0.6) is 0 Å². The van der Waals surface area contributed by atoms with E-state index in [-0.39, 0.29) is 12.6 Å². The molecule has 1 atom stereocenters. The Bertz CT molecular complexity index is 287. The van der Waals surface area contributed by atoms with Crippen LogP contribution in [0.3, 0.4) is 0 Å². The van der Waals surface area contributed by atoms with Gasteiger partial charge in [0.2, 0.25) is 0 Å². The summed E-state index contributed by atoms with van der Waals surface area (Å²) in [6, 6.07) is 3.84. The maximum Gasteiger partial charge on any atom is 0.129 e. The topological polar surface area (TPSA) is 54.4 Å². The van der Waals surface area contributed by atoms with E-state index in [0.717, 1.165) is 5.56 Å². The van der Waals surface area contributed by atoms with Crippen LogP contribution in [0.25, 0.3) is 0 Å². The first-order valence-electron chi connectivity index (χ1n) is 5.20. The van der Waals surface area contributed by atoms with Crippen molar-refractivity contribution in [1.29, 1.82) is 0 Å². The minimum atomic E-state index is 0.153. The Morgan fingerprint density at radius 1 is 1.56 bits per heavy atom. The SMILES string of the molecule is COCC(CCO)NCc1ccc(Cl)nc1. The molecule has 1 aromatic rings. The summed E-state index contributed by atoms with van der Waals surface area (Å²) in [5, 5.41) is 12.7. The number of halogens is 1.